The molecular formula is C12H14FN. The molecule has 3 fully saturated rings. The van der Waals surface area contributed by atoms with Gasteiger partial charge in [0.1, 0.15) is 5.82 Å². The van der Waals surface area contributed by atoms with E-state index in [1.54, 1.807) is 12.1 Å². The summed E-state index contributed by atoms with van der Waals surface area (Å²) in [5.74, 6) is -0.0493. The van der Waals surface area contributed by atoms with Crippen molar-refractivity contribution in [3.63, 3.8) is 0 Å². The molecule has 1 aromatic rings. The Morgan fingerprint density at radius 3 is 2.43 bits per heavy atom. The van der Waals surface area contributed by atoms with Crippen molar-refractivity contribution in [3.8, 4) is 0 Å². The fourth-order valence-electron chi connectivity index (χ4n) is 3.44. The summed E-state index contributed by atoms with van der Waals surface area (Å²) in [4.78, 5) is 0. The standard InChI is InChI=1S/C12H14FN/c1-8-3-2-4-9(13)10(8)11-5-12(14,6-11)7-11/h2-4H,5-7,14H2,1H3. The second-order valence-electron chi connectivity index (χ2n) is 5.10. The summed E-state index contributed by atoms with van der Waals surface area (Å²) in [6, 6.07) is 5.33. The molecule has 0 aromatic heterocycles. The number of rotatable bonds is 1. The van der Waals surface area contributed by atoms with Gasteiger partial charge in [0.15, 0.2) is 0 Å². The summed E-state index contributed by atoms with van der Waals surface area (Å²) in [5.41, 5.74) is 8.14. The molecule has 0 atom stereocenters. The van der Waals surface area contributed by atoms with Gasteiger partial charge in [-0.3, -0.25) is 0 Å². The number of benzene rings is 1. The molecule has 3 aliphatic carbocycles. The lowest BCUT2D eigenvalue weighted by Gasteiger charge is -2.69. The molecule has 0 unspecified atom stereocenters. The summed E-state index contributed by atoms with van der Waals surface area (Å²) in [7, 11) is 0. The van der Waals surface area contributed by atoms with Crippen LogP contribution in [0.5, 0.6) is 0 Å². The van der Waals surface area contributed by atoms with Crippen molar-refractivity contribution < 1.29 is 4.39 Å². The Labute approximate surface area is 83.1 Å². The van der Waals surface area contributed by atoms with Crippen molar-refractivity contribution in [1.82, 2.24) is 0 Å². The first-order chi connectivity index (χ1) is 6.55. The number of aryl methyl sites for hydroxylation is 1. The van der Waals surface area contributed by atoms with Crippen molar-refractivity contribution in [1.29, 1.82) is 0 Å². The van der Waals surface area contributed by atoms with E-state index in [1.165, 1.54) is 0 Å². The summed E-state index contributed by atoms with van der Waals surface area (Å²) >= 11 is 0. The van der Waals surface area contributed by atoms with E-state index in [1.807, 2.05) is 13.0 Å². The SMILES string of the molecule is Cc1cccc(F)c1C12CC(N)(C1)C2. The fourth-order valence-corrected chi connectivity index (χ4v) is 3.44. The molecule has 2 bridgehead atoms. The molecule has 0 amide bonds. The van der Waals surface area contributed by atoms with Crippen molar-refractivity contribution in [2.45, 2.75) is 37.1 Å². The van der Waals surface area contributed by atoms with Gasteiger partial charge in [-0.1, -0.05) is 12.1 Å². The Balaban J connectivity index is 2.06. The van der Waals surface area contributed by atoms with Crippen LogP contribution in [0.1, 0.15) is 30.4 Å². The molecule has 1 nitrogen and oxygen atoms in total. The summed E-state index contributed by atoms with van der Waals surface area (Å²) in [6.45, 7) is 1.99. The molecule has 0 aliphatic heterocycles. The van der Waals surface area contributed by atoms with Crippen molar-refractivity contribution in [2.24, 2.45) is 5.73 Å². The zero-order valence-electron chi connectivity index (χ0n) is 8.31. The van der Waals surface area contributed by atoms with Crippen LogP contribution in [0.4, 0.5) is 4.39 Å². The second kappa shape index (κ2) is 2.19. The third kappa shape index (κ3) is 0.825. The average Bonchev–Trinajstić information content (AvgIpc) is 1.98. The van der Waals surface area contributed by atoms with Crippen LogP contribution in [0.3, 0.4) is 0 Å². The number of halogens is 1. The largest absolute Gasteiger partial charge is 0.325 e. The van der Waals surface area contributed by atoms with E-state index >= 15 is 0 Å². The predicted molar refractivity (Wildman–Crippen MR) is 53.6 cm³/mol. The zero-order valence-corrected chi connectivity index (χ0v) is 8.31. The minimum Gasteiger partial charge on any atom is -0.325 e. The van der Waals surface area contributed by atoms with Gasteiger partial charge in [-0.15, -0.1) is 0 Å². The maximum absolute atomic E-state index is 13.7. The summed E-state index contributed by atoms with van der Waals surface area (Å²) < 4.78 is 13.7. The molecule has 2 heteroatoms. The molecule has 1 aromatic carbocycles. The fraction of sp³-hybridized carbons (Fsp3) is 0.500. The van der Waals surface area contributed by atoms with Crippen LogP contribution in [0.2, 0.25) is 0 Å². The molecule has 4 rings (SSSR count). The van der Waals surface area contributed by atoms with Gasteiger partial charge in [-0.05, 0) is 43.4 Å². The van der Waals surface area contributed by atoms with Crippen LogP contribution in [0.15, 0.2) is 18.2 Å². The number of nitrogens with two attached hydrogens (primary N) is 1. The van der Waals surface area contributed by atoms with E-state index in [-0.39, 0.29) is 16.8 Å². The van der Waals surface area contributed by atoms with Gasteiger partial charge in [0.25, 0.3) is 0 Å². The first kappa shape index (κ1) is 8.42. The molecular weight excluding hydrogens is 177 g/mol. The zero-order chi connectivity index (χ0) is 9.97. The first-order valence-electron chi connectivity index (χ1n) is 5.09. The van der Waals surface area contributed by atoms with Gasteiger partial charge in [0.2, 0.25) is 0 Å². The minimum atomic E-state index is -0.0493. The molecule has 0 spiro atoms. The Kier molecular flexibility index (Phi) is 1.32. The lowest BCUT2D eigenvalue weighted by Crippen LogP contribution is -2.74. The quantitative estimate of drug-likeness (QED) is 0.724. The molecule has 3 saturated carbocycles. The predicted octanol–water partition coefficient (Wildman–Crippen LogP) is 2.27. The third-order valence-electron chi connectivity index (χ3n) is 3.82. The smallest absolute Gasteiger partial charge is 0.127 e. The second-order valence-corrected chi connectivity index (χ2v) is 5.10. The van der Waals surface area contributed by atoms with Crippen LogP contribution < -0.4 is 5.73 Å². The molecule has 14 heavy (non-hydrogen) atoms. The highest BCUT2D eigenvalue weighted by Crippen LogP contribution is 2.67. The van der Waals surface area contributed by atoms with Crippen molar-refractivity contribution in [3.05, 3.63) is 35.1 Å². The Morgan fingerprint density at radius 2 is 1.93 bits per heavy atom. The highest BCUT2D eigenvalue weighted by Gasteiger charge is 2.67. The van der Waals surface area contributed by atoms with E-state index < -0.39 is 0 Å². The van der Waals surface area contributed by atoms with Crippen LogP contribution in [0.25, 0.3) is 0 Å². The van der Waals surface area contributed by atoms with Gasteiger partial charge in [0.05, 0.1) is 0 Å². The minimum absolute atomic E-state index is 0.0493. The van der Waals surface area contributed by atoms with Crippen molar-refractivity contribution in [2.75, 3.05) is 0 Å². The highest BCUT2D eigenvalue weighted by molar-refractivity contribution is 5.45. The molecule has 0 radical (unpaired) electrons. The van der Waals surface area contributed by atoms with E-state index in [9.17, 15) is 4.39 Å². The molecule has 0 heterocycles. The molecule has 3 aliphatic rings. The van der Waals surface area contributed by atoms with E-state index in [0.717, 1.165) is 30.4 Å². The van der Waals surface area contributed by atoms with Gasteiger partial charge >= 0.3 is 0 Å². The van der Waals surface area contributed by atoms with Crippen molar-refractivity contribution >= 4 is 0 Å². The third-order valence-corrected chi connectivity index (χ3v) is 3.82. The van der Waals surface area contributed by atoms with E-state index in [0.29, 0.717) is 0 Å². The number of hydrogen-bond acceptors (Lipinski definition) is 1. The van der Waals surface area contributed by atoms with Gasteiger partial charge < -0.3 is 5.73 Å². The summed E-state index contributed by atoms with van der Waals surface area (Å²) in [6.07, 6.45) is 2.92. The van der Waals surface area contributed by atoms with Crippen LogP contribution in [-0.4, -0.2) is 5.54 Å². The van der Waals surface area contributed by atoms with E-state index in [4.69, 9.17) is 5.73 Å². The highest BCUT2D eigenvalue weighted by atomic mass is 19.1. The van der Waals surface area contributed by atoms with Crippen LogP contribution >= 0.6 is 0 Å². The van der Waals surface area contributed by atoms with Crippen LogP contribution in [-0.2, 0) is 5.41 Å². The molecule has 74 valence electrons. The van der Waals surface area contributed by atoms with Gasteiger partial charge in [0, 0.05) is 11.0 Å². The lowest BCUT2D eigenvalue weighted by atomic mass is 9.37. The molecule has 2 N–H and O–H groups in total. The Morgan fingerprint density at radius 1 is 1.29 bits per heavy atom. The average molecular weight is 191 g/mol. The Bertz CT molecular complexity index is 371. The normalized spacial score (nSPS) is 38.8. The summed E-state index contributed by atoms with van der Waals surface area (Å²) in [5, 5.41) is 0. The van der Waals surface area contributed by atoms with E-state index in [2.05, 4.69) is 0 Å². The monoisotopic (exact) mass is 191 g/mol. The van der Waals surface area contributed by atoms with Gasteiger partial charge in [-0.2, -0.15) is 0 Å². The maximum atomic E-state index is 13.7. The van der Waals surface area contributed by atoms with Gasteiger partial charge in [-0.25, -0.2) is 4.39 Å². The first-order valence-corrected chi connectivity index (χ1v) is 5.09. The lowest BCUT2D eigenvalue weighted by molar-refractivity contribution is -0.0616. The Hall–Kier alpha value is -0.890. The maximum Gasteiger partial charge on any atom is 0.127 e. The number of hydrogen-bond donors (Lipinski definition) is 1. The molecule has 0 saturated heterocycles. The topological polar surface area (TPSA) is 26.0 Å². The van der Waals surface area contributed by atoms with Crippen LogP contribution in [0, 0.1) is 12.7 Å².